The van der Waals surface area contributed by atoms with E-state index in [1.54, 1.807) is 6.92 Å². The molecule has 0 radical (unpaired) electrons. The van der Waals surface area contributed by atoms with Gasteiger partial charge in [-0.1, -0.05) is 13.3 Å². The van der Waals surface area contributed by atoms with Crippen molar-refractivity contribution in [1.82, 2.24) is 0 Å². The quantitative estimate of drug-likeness (QED) is 0.122. The van der Waals surface area contributed by atoms with Crippen molar-refractivity contribution in [2.75, 3.05) is 10.6 Å². The van der Waals surface area contributed by atoms with E-state index < -0.39 is 29.8 Å². The topological polar surface area (TPSA) is 154 Å². The summed E-state index contributed by atoms with van der Waals surface area (Å²) in [6.45, 7) is 4.38. The van der Waals surface area contributed by atoms with Crippen molar-refractivity contribution in [3.63, 3.8) is 0 Å². The zero-order valence-electron chi connectivity index (χ0n) is 19.3. The minimum atomic E-state index is -1.42. The van der Waals surface area contributed by atoms with Crippen LogP contribution in [0, 0.1) is 0 Å². The number of ether oxygens (including phenoxy) is 1. The number of Topliss-reactive ketones (excluding diaryl/α,β-unsaturated/α-hetero) is 2. The zero-order chi connectivity index (χ0) is 26.0. The molecule has 0 aliphatic carbocycles. The number of nitrogens with one attached hydrogen (secondary N) is 2. The number of ketones is 2. The van der Waals surface area contributed by atoms with E-state index in [9.17, 15) is 28.8 Å². The van der Waals surface area contributed by atoms with Crippen LogP contribution in [0.3, 0.4) is 0 Å². The Bertz CT molecular complexity index is 1110. The molecule has 0 saturated carbocycles. The number of hydrogen-bond acceptors (Lipinski definition) is 9. The lowest BCUT2D eigenvalue weighted by Crippen LogP contribution is -2.29. The lowest BCUT2D eigenvalue weighted by Gasteiger charge is -2.15. The van der Waals surface area contributed by atoms with E-state index in [0.717, 1.165) is 0 Å². The van der Waals surface area contributed by atoms with Crippen LogP contribution in [0.5, 0.6) is 0 Å². The number of benzene rings is 2. The van der Waals surface area contributed by atoms with E-state index in [0.29, 0.717) is 17.8 Å². The number of amides is 2. The number of carbonyl (C=O) groups excluding carboxylic acids is 6. The Morgan fingerprint density at radius 1 is 0.714 bits per heavy atom. The molecule has 1 unspecified atom stereocenters. The maximum Gasteiger partial charge on any atom is 0.413 e. The molecule has 0 fully saturated rings. The van der Waals surface area contributed by atoms with Gasteiger partial charge in [-0.15, -0.1) is 4.89 Å². The van der Waals surface area contributed by atoms with Crippen LogP contribution in [0.15, 0.2) is 48.5 Å². The van der Waals surface area contributed by atoms with E-state index >= 15 is 0 Å². The third-order valence-electron chi connectivity index (χ3n) is 4.30. The van der Waals surface area contributed by atoms with Gasteiger partial charge in [0.15, 0.2) is 0 Å². The summed E-state index contributed by atoms with van der Waals surface area (Å²) in [4.78, 5) is 80.3. The van der Waals surface area contributed by atoms with Crippen LogP contribution in [-0.2, 0) is 33.7 Å². The van der Waals surface area contributed by atoms with Crippen molar-refractivity contribution in [1.29, 1.82) is 0 Å². The van der Waals surface area contributed by atoms with Gasteiger partial charge in [0, 0.05) is 42.8 Å². The van der Waals surface area contributed by atoms with E-state index in [-0.39, 0.29) is 29.4 Å². The Morgan fingerprint density at radius 3 is 1.54 bits per heavy atom. The maximum absolute atomic E-state index is 12.3. The smallest absolute Gasteiger partial charge is 0.413 e. The first-order valence-electron chi connectivity index (χ1n) is 10.5. The molecule has 1 atom stereocenters. The van der Waals surface area contributed by atoms with Gasteiger partial charge in [0.25, 0.3) is 11.6 Å². The SMILES string of the molecule is CCCC(OOC(=O)C(=O)c1ccc(NC(C)=O)cc1)OC(=O)C(=O)c1ccc(NC(C)=O)cc1. The monoisotopic (exact) mass is 484 g/mol. The fourth-order valence-corrected chi connectivity index (χ4v) is 2.72. The second-order valence-corrected chi connectivity index (χ2v) is 7.27. The van der Waals surface area contributed by atoms with Gasteiger partial charge in [0.2, 0.25) is 18.1 Å². The lowest BCUT2D eigenvalue weighted by molar-refractivity contribution is -0.340. The molecular formula is C24H24N2O9. The summed E-state index contributed by atoms with van der Waals surface area (Å²) in [7, 11) is 0. The standard InChI is InChI=1S/C24H24N2O9/c1-4-5-20(33-23(31)21(29)16-6-10-18(11-7-16)25-14(2)27)34-35-24(32)22(30)17-8-12-19(13-9-17)26-15(3)28/h6-13,20H,4-5H2,1-3H3,(H,25,27)(H,26,28). The van der Waals surface area contributed by atoms with Gasteiger partial charge in [-0.2, -0.15) is 0 Å². The fraction of sp³-hybridized carbons (Fsp3) is 0.250. The first-order chi connectivity index (χ1) is 16.6. The predicted octanol–water partition coefficient (Wildman–Crippen LogP) is 2.81. The molecule has 0 aliphatic heterocycles. The van der Waals surface area contributed by atoms with Crippen LogP contribution in [0.1, 0.15) is 54.3 Å². The van der Waals surface area contributed by atoms with Crippen LogP contribution in [-0.4, -0.2) is 41.6 Å². The molecule has 0 spiro atoms. The summed E-state index contributed by atoms with van der Waals surface area (Å²) in [6, 6.07) is 11.0. The minimum absolute atomic E-state index is 0.00855. The normalized spacial score (nSPS) is 11.1. The molecule has 2 rings (SSSR count). The highest BCUT2D eigenvalue weighted by Crippen LogP contribution is 2.14. The minimum Gasteiger partial charge on any atom is -0.426 e. The van der Waals surface area contributed by atoms with Crippen LogP contribution >= 0.6 is 0 Å². The van der Waals surface area contributed by atoms with Crippen molar-refractivity contribution in [3.05, 3.63) is 59.7 Å². The van der Waals surface area contributed by atoms with E-state index in [4.69, 9.17) is 9.62 Å². The largest absolute Gasteiger partial charge is 0.426 e. The van der Waals surface area contributed by atoms with Crippen LogP contribution in [0.2, 0.25) is 0 Å². The fourth-order valence-electron chi connectivity index (χ4n) is 2.72. The third kappa shape index (κ3) is 8.48. The van der Waals surface area contributed by atoms with Crippen molar-refractivity contribution in [2.45, 2.75) is 39.9 Å². The molecule has 0 saturated heterocycles. The van der Waals surface area contributed by atoms with Gasteiger partial charge in [0.1, 0.15) is 0 Å². The molecule has 184 valence electrons. The van der Waals surface area contributed by atoms with Crippen LogP contribution in [0.25, 0.3) is 0 Å². The molecule has 2 aromatic rings. The highest BCUT2D eigenvalue weighted by molar-refractivity contribution is 6.41. The van der Waals surface area contributed by atoms with Crippen molar-refractivity contribution >= 4 is 46.7 Å². The second-order valence-electron chi connectivity index (χ2n) is 7.27. The third-order valence-corrected chi connectivity index (χ3v) is 4.30. The number of esters is 1. The molecule has 0 bridgehead atoms. The van der Waals surface area contributed by atoms with Crippen LogP contribution < -0.4 is 10.6 Å². The summed E-state index contributed by atoms with van der Waals surface area (Å²) >= 11 is 0. The summed E-state index contributed by atoms with van der Waals surface area (Å²) in [5, 5.41) is 5.05. The average molecular weight is 484 g/mol. The molecule has 0 heterocycles. The summed E-state index contributed by atoms with van der Waals surface area (Å²) in [5.74, 6) is -5.23. The highest BCUT2D eigenvalue weighted by atomic mass is 17.2. The molecule has 11 heteroatoms. The summed E-state index contributed by atoms with van der Waals surface area (Å²) in [5.41, 5.74) is 0.864. The first kappa shape index (κ1) is 26.9. The lowest BCUT2D eigenvalue weighted by atomic mass is 10.1. The molecule has 2 amide bonds. The zero-order valence-corrected chi connectivity index (χ0v) is 19.3. The summed E-state index contributed by atoms with van der Waals surface area (Å²) < 4.78 is 4.98. The Morgan fingerprint density at radius 2 is 1.14 bits per heavy atom. The first-order valence-corrected chi connectivity index (χ1v) is 10.5. The Labute approximate surface area is 200 Å². The van der Waals surface area contributed by atoms with Gasteiger partial charge in [-0.05, 0) is 48.5 Å². The van der Waals surface area contributed by atoms with Gasteiger partial charge in [-0.25, -0.2) is 9.59 Å². The number of rotatable bonds is 11. The average Bonchev–Trinajstić information content (AvgIpc) is 2.81. The molecular weight excluding hydrogens is 460 g/mol. The van der Waals surface area contributed by atoms with Crippen molar-refractivity contribution in [3.8, 4) is 0 Å². The molecule has 35 heavy (non-hydrogen) atoms. The molecule has 2 aromatic carbocycles. The Balaban J connectivity index is 1.94. The second kappa shape index (κ2) is 12.8. The highest BCUT2D eigenvalue weighted by Gasteiger charge is 2.26. The maximum atomic E-state index is 12.3. The van der Waals surface area contributed by atoms with Crippen LogP contribution in [0.4, 0.5) is 11.4 Å². The van der Waals surface area contributed by atoms with Gasteiger partial charge < -0.3 is 15.4 Å². The molecule has 11 nitrogen and oxygen atoms in total. The summed E-state index contributed by atoms with van der Waals surface area (Å²) in [6.07, 6.45) is -0.907. The van der Waals surface area contributed by atoms with E-state index in [1.165, 1.54) is 62.4 Å². The number of hydrogen-bond donors (Lipinski definition) is 2. The van der Waals surface area contributed by atoms with Crippen molar-refractivity contribution in [2.24, 2.45) is 0 Å². The predicted molar refractivity (Wildman–Crippen MR) is 122 cm³/mol. The van der Waals surface area contributed by atoms with Gasteiger partial charge in [-0.3, -0.25) is 24.1 Å². The van der Waals surface area contributed by atoms with Gasteiger partial charge in [0.05, 0.1) is 0 Å². The molecule has 2 N–H and O–H groups in total. The van der Waals surface area contributed by atoms with E-state index in [1.807, 2.05) is 0 Å². The molecule has 0 aliphatic rings. The van der Waals surface area contributed by atoms with Gasteiger partial charge >= 0.3 is 11.9 Å². The number of anilines is 2. The number of carbonyl (C=O) groups is 6. The van der Waals surface area contributed by atoms with E-state index in [2.05, 4.69) is 15.5 Å². The molecule has 0 aromatic heterocycles. The Hall–Kier alpha value is -4.38. The van der Waals surface area contributed by atoms with Crippen molar-refractivity contribution < 1.29 is 43.3 Å². The Kier molecular flexibility index (Phi) is 9.79.